The molecule has 0 atom stereocenters. The highest BCUT2D eigenvalue weighted by Crippen LogP contribution is 2.29. The van der Waals surface area contributed by atoms with Gasteiger partial charge in [-0.05, 0) is 39.8 Å². The molecule has 0 saturated carbocycles. The van der Waals surface area contributed by atoms with E-state index in [-0.39, 0.29) is 5.54 Å². The molecule has 17 heavy (non-hydrogen) atoms. The minimum absolute atomic E-state index is 0.116. The molecular weight excluding hydrogens is 250 g/mol. The highest BCUT2D eigenvalue weighted by Gasteiger charge is 2.12. The van der Waals surface area contributed by atoms with Gasteiger partial charge >= 0.3 is 0 Å². The Morgan fingerprint density at radius 1 is 1.18 bits per heavy atom. The second-order valence-electron chi connectivity index (χ2n) is 5.01. The summed E-state index contributed by atoms with van der Waals surface area (Å²) in [6, 6.07) is 4.23. The molecule has 5 heteroatoms. The van der Waals surface area contributed by atoms with Crippen molar-refractivity contribution >= 4 is 22.7 Å². The summed E-state index contributed by atoms with van der Waals surface area (Å²) in [5, 5.41) is 13.9. The highest BCUT2D eigenvalue weighted by molar-refractivity contribution is 7.21. The van der Waals surface area contributed by atoms with Gasteiger partial charge in [-0.2, -0.15) is 0 Å². The third kappa shape index (κ3) is 3.59. The largest absolute Gasteiger partial charge is 0.306 e. The molecule has 0 spiro atoms. The minimum atomic E-state index is 0.116. The van der Waals surface area contributed by atoms with E-state index in [1.165, 1.54) is 9.75 Å². The van der Waals surface area contributed by atoms with Crippen molar-refractivity contribution in [3.8, 4) is 9.88 Å². The smallest absolute Gasteiger partial charge is 0.157 e. The van der Waals surface area contributed by atoms with Crippen molar-refractivity contribution in [3.05, 3.63) is 22.0 Å². The third-order valence-corrected chi connectivity index (χ3v) is 4.28. The molecule has 0 aliphatic carbocycles. The number of hydrogen-bond acceptors (Lipinski definition) is 5. The quantitative estimate of drug-likeness (QED) is 0.925. The zero-order valence-corrected chi connectivity index (χ0v) is 12.2. The number of nitrogens with zero attached hydrogens (tertiary/aromatic N) is 2. The normalized spacial score (nSPS) is 12.0. The first-order valence-electron chi connectivity index (χ1n) is 5.58. The lowest BCUT2D eigenvalue weighted by Gasteiger charge is -2.19. The molecule has 0 aliphatic heterocycles. The van der Waals surface area contributed by atoms with Crippen molar-refractivity contribution in [1.82, 2.24) is 15.5 Å². The number of rotatable bonds is 3. The highest BCUT2D eigenvalue weighted by atomic mass is 32.1. The first-order chi connectivity index (χ1) is 7.94. The van der Waals surface area contributed by atoms with E-state index in [1.807, 2.05) is 0 Å². The Morgan fingerprint density at radius 2 is 1.94 bits per heavy atom. The molecule has 2 aromatic heterocycles. The van der Waals surface area contributed by atoms with Crippen LogP contribution in [-0.4, -0.2) is 15.7 Å². The van der Waals surface area contributed by atoms with Gasteiger partial charge in [0, 0.05) is 10.4 Å². The first kappa shape index (κ1) is 12.7. The lowest BCUT2D eigenvalue weighted by Crippen LogP contribution is -2.35. The molecule has 2 rings (SSSR count). The number of aromatic nitrogens is 2. The summed E-state index contributed by atoms with van der Waals surface area (Å²) in [5.41, 5.74) is 0.116. The Balaban J connectivity index is 2.06. The summed E-state index contributed by atoms with van der Waals surface area (Å²) in [6.45, 7) is 9.34. The summed E-state index contributed by atoms with van der Waals surface area (Å²) in [6.07, 6.45) is 0. The van der Waals surface area contributed by atoms with Crippen molar-refractivity contribution in [2.45, 2.75) is 39.8 Å². The Kier molecular flexibility index (Phi) is 3.61. The molecule has 92 valence electrons. The molecule has 0 bridgehead atoms. The van der Waals surface area contributed by atoms with Crippen molar-refractivity contribution in [1.29, 1.82) is 0 Å². The molecule has 3 nitrogen and oxygen atoms in total. The van der Waals surface area contributed by atoms with Crippen LogP contribution >= 0.6 is 22.7 Å². The van der Waals surface area contributed by atoms with Crippen LogP contribution in [0.15, 0.2) is 12.1 Å². The molecule has 0 fully saturated rings. The Morgan fingerprint density at radius 3 is 2.53 bits per heavy atom. The fraction of sp³-hybridized carbons (Fsp3) is 0.500. The lowest BCUT2D eigenvalue weighted by molar-refractivity contribution is 0.423. The monoisotopic (exact) mass is 267 g/mol. The van der Waals surface area contributed by atoms with Gasteiger partial charge in [-0.3, -0.25) is 0 Å². The van der Waals surface area contributed by atoms with Crippen LogP contribution in [0.25, 0.3) is 9.88 Å². The Labute approximate surface area is 110 Å². The van der Waals surface area contributed by atoms with Crippen LogP contribution in [-0.2, 0) is 6.54 Å². The predicted molar refractivity (Wildman–Crippen MR) is 74.6 cm³/mol. The Bertz CT molecular complexity index is 494. The zero-order valence-electron chi connectivity index (χ0n) is 10.6. The summed E-state index contributed by atoms with van der Waals surface area (Å²) >= 11 is 3.43. The maximum atomic E-state index is 4.24. The van der Waals surface area contributed by atoms with E-state index >= 15 is 0 Å². The van der Waals surface area contributed by atoms with Gasteiger partial charge < -0.3 is 5.32 Å². The van der Waals surface area contributed by atoms with Crippen LogP contribution in [0.5, 0.6) is 0 Å². The molecule has 0 radical (unpaired) electrons. The predicted octanol–water partition coefficient (Wildman–Crippen LogP) is 3.46. The molecular formula is C12H17N3S2. The van der Waals surface area contributed by atoms with Crippen LogP contribution in [0.2, 0.25) is 0 Å². The van der Waals surface area contributed by atoms with Crippen LogP contribution in [0.3, 0.4) is 0 Å². The van der Waals surface area contributed by atoms with Gasteiger partial charge in [-0.1, -0.05) is 11.3 Å². The zero-order chi connectivity index (χ0) is 12.5. The molecule has 2 aromatic rings. The van der Waals surface area contributed by atoms with E-state index in [0.717, 1.165) is 16.6 Å². The maximum Gasteiger partial charge on any atom is 0.157 e. The van der Waals surface area contributed by atoms with E-state index < -0.39 is 0 Å². The lowest BCUT2D eigenvalue weighted by atomic mass is 10.1. The molecule has 0 aromatic carbocycles. The van der Waals surface area contributed by atoms with Gasteiger partial charge in [-0.25, -0.2) is 0 Å². The molecule has 0 saturated heterocycles. The topological polar surface area (TPSA) is 37.8 Å². The van der Waals surface area contributed by atoms with E-state index in [2.05, 4.69) is 55.3 Å². The molecule has 0 amide bonds. The van der Waals surface area contributed by atoms with Crippen molar-refractivity contribution in [3.63, 3.8) is 0 Å². The summed E-state index contributed by atoms with van der Waals surface area (Å²) in [4.78, 5) is 2.52. The second kappa shape index (κ2) is 4.84. The summed E-state index contributed by atoms with van der Waals surface area (Å²) < 4.78 is 0. The van der Waals surface area contributed by atoms with Crippen molar-refractivity contribution in [2.24, 2.45) is 0 Å². The van der Waals surface area contributed by atoms with Crippen molar-refractivity contribution < 1.29 is 0 Å². The summed E-state index contributed by atoms with van der Waals surface area (Å²) in [7, 11) is 0. The van der Waals surface area contributed by atoms with Crippen molar-refractivity contribution in [2.75, 3.05) is 0 Å². The summed E-state index contributed by atoms with van der Waals surface area (Å²) in [5.74, 6) is 0. The van der Waals surface area contributed by atoms with Gasteiger partial charge in [0.05, 0.1) is 11.4 Å². The molecule has 2 heterocycles. The van der Waals surface area contributed by atoms with Gasteiger partial charge in [0.25, 0.3) is 0 Å². The van der Waals surface area contributed by atoms with Gasteiger partial charge in [0.2, 0.25) is 0 Å². The maximum absolute atomic E-state index is 4.24. The number of thiophene rings is 1. The van der Waals surface area contributed by atoms with E-state index in [9.17, 15) is 0 Å². The van der Waals surface area contributed by atoms with Crippen LogP contribution in [0.1, 0.15) is 30.7 Å². The van der Waals surface area contributed by atoms with Crippen LogP contribution in [0.4, 0.5) is 0 Å². The standard InChI is InChI=1S/C12H17N3S2/c1-8-5-6-9(16-8)11-15-14-10(17-11)7-13-12(2,3)4/h5-6,13H,7H2,1-4H3. The van der Waals surface area contributed by atoms with Gasteiger partial charge in [0.15, 0.2) is 5.01 Å². The number of aryl methyl sites for hydroxylation is 1. The molecule has 1 N–H and O–H groups in total. The fourth-order valence-corrected chi connectivity index (χ4v) is 3.01. The van der Waals surface area contributed by atoms with Crippen LogP contribution < -0.4 is 5.32 Å². The SMILES string of the molecule is Cc1ccc(-c2nnc(CNC(C)(C)C)s2)s1. The first-order valence-corrected chi connectivity index (χ1v) is 7.21. The van der Waals surface area contributed by atoms with E-state index in [0.29, 0.717) is 0 Å². The van der Waals surface area contributed by atoms with Gasteiger partial charge in [0.1, 0.15) is 5.01 Å². The van der Waals surface area contributed by atoms with E-state index in [4.69, 9.17) is 0 Å². The Hall–Kier alpha value is -0.780. The number of hydrogen-bond donors (Lipinski definition) is 1. The van der Waals surface area contributed by atoms with Gasteiger partial charge in [-0.15, -0.1) is 21.5 Å². The average molecular weight is 267 g/mol. The second-order valence-corrected chi connectivity index (χ2v) is 7.36. The molecule has 0 unspecified atom stereocenters. The molecule has 0 aliphatic rings. The minimum Gasteiger partial charge on any atom is -0.306 e. The average Bonchev–Trinajstić information content (AvgIpc) is 2.81. The van der Waals surface area contributed by atoms with E-state index in [1.54, 1.807) is 22.7 Å². The fourth-order valence-electron chi connectivity index (χ4n) is 1.31. The van der Waals surface area contributed by atoms with Crippen LogP contribution in [0, 0.1) is 6.92 Å². The third-order valence-electron chi connectivity index (χ3n) is 2.19. The number of nitrogens with one attached hydrogen (secondary N) is 1.